The molecule has 0 saturated heterocycles. The van der Waals surface area contributed by atoms with E-state index in [9.17, 15) is 5.11 Å². The standard InChI is InChI=1S/C9H13NO2/c1-6-7(8(10)5-11)3-2-4-9(6)12/h2-4,8,11-12H,5,10H2,1H3. The van der Waals surface area contributed by atoms with E-state index in [1.54, 1.807) is 25.1 Å². The zero-order valence-corrected chi connectivity index (χ0v) is 6.99. The highest BCUT2D eigenvalue weighted by Crippen LogP contribution is 2.23. The second-order valence-corrected chi connectivity index (χ2v) is 2.78. The van der Waals surface area contributed by atoms with E-state index in [4.69, 9.17) is 10.8 Å². The van der Waals surface area contributed by atoms with E-state index in [1.807, 2.05) is 0 Å². The van der Waals surface area contributed by atoms with Gasteiger partial charge in [0.1, 0.15) is 5.75 Å². The number of hydrogen-bond acceptors (Lipinski definition) is 3. The van der Waals surface area contributed by atoms with Gasteiger partial charge in [-0.25, -0.2) is 0 Å². The molecule has 0 saturated carbocycles. The first kappa shape index (κ1) is 9.03. The van der Waals surface area contributed by atoms with E-state index >= 15 is 0 Å². The smallest absolute Gasteiger partial charge is 0.118 e. The van der Waals surface area contributed by atoms with Crippen molar-refractivity contribution in [2.24, 2.45) is 5.73 Å². The zero-order chi connectivity index (χ0) is 9.14. The van der Waals surface area contributed by atoms with Crippen molar-refractivity contribution < 1.29 is 10.2 Å². The SMILES string of the molecule is Cc1c(O)cccc1C(N)CO. The number of phenols is 1. The van der Waals surface area contributed by atoms with Gasteiger partial charge in [0.05, 0.1) is 12.6 Å². The largest absolute Gasteiger partial charge is 0.508 e. The molecule has 1 unspecified atom stereocenters. The summed E-state index contributed by atoms with van der Waals surface area (Å²) < 4.78 is 0. The van der Waals surface area contributed by atoms with Crippen molar-refractivity contribution in [1.29, 1.82) is 0 Å². The van der Waals surface area contributed by atoms with E-state index in [0.29, 0.717) is 0 Å². The van der Waals surface area contributed by atoms with Gasteiger partial charge >= 0.3 is 0 Å². The summed E-state index contributed by atoms with van der Waals surface area (Å²) >= 11 is 0. The third-order valence-electron chi connectivity index (χ3n) is 1.94. The van der Waals surface area contributed by atoms with Crippen LogP contribution in [-0.4, -0.2) is 16.8 Å². The first-order chi connectivity index (χ1) is 5.66. The minimum atomic E-state index is -0.405. The average molecular weight is 167 g/mol. The lowest BCUT2D eigenvalue weighted by atomic mass is 10.0. The Morgan fingerprint density at radius 2 is 2.17 bits per heavy atom. The lowest BCUT2D eigenvalue weighted by Crippen LogP contribution is -2.15. The normalized spacial score (nSPS) is 12.9. The molecule has 0 heterocycles. The maximum atomic E-state index is 9.31. The molecule has 3 heteroatoms. The van der Waals surface area contributed by atoms with Crippen LogP contribution in [0.15, 0.2) is 18.2 Å². The highest BCUT2D eigenvalue weighted by atomic mass is 16.3. The van der Waals surface area contributed by atoms with Crippen molar-refractivity contribution in [1.82, 2.24) is 0 Å². The summed E-state index contributed by atoms with van der Waals surface area (Å²) in [6, 6.07) is 4.71. The number of phenolic OH excluding ortho intramolecular Hbond substituents is 1. The molecule has 1 aromatic rings. The average Bonchev–Trinajstić information content (AvgIpc) is 2.08. The van der Waals surface area contributed by atoms with Gasteiger partial charge in [0, 0.05) is 0 Å². The van der Waals surface area contributed by atoms with Crippen molar-refractivity contribution in [2.75, 3.05) is 6.61 Å². The predicted octanol–water partition coefficient (Wildman–Crippen LogP) is 0.693. The zero-order valence-electron chi connectivity index (χ0n) is 6.99. The topological polar surface area (TPSA) is 66.5 Å². The highest BCUT2D eigenvalue weighted by molar-refractivity contribution is 5.39. The Labute approximate surface area is 71.5 Å². The van der Waals surface area contributed by atoms with E-state index in [-0.39, 0.29) is 12.4 Å². The number of rotatable bonds is 2. The number of nitrogens with two attached hydrogens (primary N) is 1. The van der Waals surface area contributed by atoms with Gasteiger partial charge in [-0.05, 0) is 24.1 Å². The molecule has 0 amide bonds. The maximum absolute atomic E-state index is 9.31. The number of aliphatic hydroxyl groups is 1. The first-order valence-corrected chi connectivity index (χ1v) is 3.81. The second kappa shape index (κ2) is 3.56. The van der Waals surface area contributed by atoms with Gasteiger partial charge in [0.2, 0.25) is 0 Å². The third-order valence-corrected chi connectivity index (χ3v) is 1.94. The molecular formula is C9H13NO2. The molecule has 0 aromatic heterocycles. The van der Waals surface area contributed by atoms with Crippen LogP contribution in [0.1, 0.15) is 17.2 Å². The molecule has 4 N–H and O–H groups in total. The number of aliphatic hydroxyl groups excluding tert-OH is 1. The molecule has 0 radical (unpaired) electrons. The van der Waals surface area contributed by atoms with Crippen LogP contribution in [0.25, 0.3) is 0 Å². The van der Waals surface area contributed by atoms with Crippen molar-refractivity contribution in [3.05, 3.63) is 29.3 Å². The van der Waals surface area contributed by atoms with Gasteiger partial charge in [-0.2, -0.15) is 0 Å². The Hall–Kier alpha value is -1.06. The molecular weight excluding hydrogens is 154 g/mol. The van der Waals surface area contributed by atoms with Gasteiger partial charge in [-0.1, -0.05) is 12.1 Å². The van der Waals surface area contributed by atoms with Crippen LogP contribution in [0.3, 0.4) is 0 Å². The van der Waals surface area contributed by atoms with Gasteiger partial charge in [-0.15, -0.1) is 0 Å². The summed E-state index contributed by atoms with van der Waals surface area (Å²) in [5.74, 6) is 0.219. The molecule has 0 spiro atoms. The fraction of sp³-hybridized carbons (Fsp3) is 0.333. The lowest BCUT2D eigenvalue weighted by molar-refractivity contribution is 0.267. The predicted molar refractivity (Wildman–Crippen MR) is 46.9 cm³/mol. The molecule has 0 aliphatic rings. The number of aromatic hydroxyl groups is 1. The quantitative estimate of drug-likeness (QED) is 0.607. The highest BCUT2D eigenvalue weighted by Gasteiger charge is 2.08. The van der Waals surface area contributed by atoms with E-state index in [0.717, 1.165) is 11.1 Å². The third kappa shape index (κ3) is 1.57. The Bertz CT molecular complexity index is 273. The summed E-state index contributed by atoms with van der Waals surface area (Å²) in [6.45, 7) is 1.67. The molecule has 0 aliphatic carbocycles. The minimum absolute atomic E-state index is 0.107. The number of hydrogen-bond donors (Lipinski definition) is 3. The Balaban J connectivity index is 3.07. The van der Waals surface area contributed by atoms with Crippen LogP contribution in [-0.2, 0) is 0 Å². The Morgan fingerprint density at radius 3 is 2.75 bits per heavy atom. The lowest BCUT2D eigenvalue weighted by Gasteiger charge is -2.12. The van der Waals surface area contributed by atoms with E-state index < -0.39 is 6.04 Å². The van der Waals surface area contributed by atoms with Crippen molar-refractivity contribution in [3.63, 3.8) is 0 Å². The summed E-state index contributed by atoms with van der Waals surface area (Å²) in [4.78, 5) is 0. The van der Waals surface area contributed by atoms with Crippen molar-refractivity contribution in [2.45, 2.75) is 13.0 Å². The summed E-state index contributed by atoms with van der Waals surface area (Å²) in [7, 11) is 0. The van der Waals surface area contributed by atoms with Crippen LogP contribution >= 0.6 is 0 Å². The molecule has 0 aliphatic heterocycles. The van der Waals surface area contributed by atoms with Gasteiger partial charge in [-0.3, -0.25) is 0 Å². The van der Waals surface area contributed by atoms with Crippen LogP contribution in [0.4, 0.5) is 0 Å². The van der Waals surface area contributed by atoms with Crippen LogP contribution in [0.2, 0.25) is 0 Å². The number of benzene rings is 1. The molecule has 66 valence electrons. The fourth-order valence-corrected chi connectivity index (χ4v) is 1.14. The van der Waals surface area contributed by atoms with E-state index in [2.05, 4.69) is 0 Å². The second-order valence-electron chi connectivity index (χ2n) is 2.78. The molecule has 0 fully saturated rings. The van der Waals surface area contributed by atoms with Gasteiger partial charge < -0.3 is 15.9 Å². The minimum Gasteiger partial charge on any atom is -0.508 e. The molecule has 3 nitrogen and oxygen atoms in total. The fourth-order valence-electron chi connectivity index (χ4n) is 1.14. The maximum Gasteiger partial charge on any atom is 0.118 e. The Morgan fingerprint density at radius 1 is 1.50 bits per heavy atom. The van der Waals surface area contributed by atoms with Gasteiger partial charge in [0.25, 0.3) is 0 Å². The summed E-state index contributed by atoms with van der Waals surface area (Å²) in [6.07, 6.45) is 0. The molecule has 1 atom stereocenters. The monoisotopic (exact) mass is 167 g/mol. The van der Waals surface area contributed by atoms with Crippen LogP contribution < -0.4 is 5.73 Å². The van der Waals surface area contributed by atoms with Crippen molar-refractivity contribution in [3.8, 4) is 5.75 Å². The molecule has 1 aromatic carbocycles. The van der Waals surface area contributed by atoms with Crippen LogP contribution in [0, 0.1) is 6.92 Å². The Kier molecular flexibility index (Phi) is 2.68. The van der Waals surface area contributed by atoms with Crippen molar-refractivity contribution >= 4 is 0 Å². The van der Waals surface area contributed by atoms with Crippen LogP contribution in [0.5, 0.6) is 5.75 Å². The van der Waals surface area contributed by atoms with E-state index in [1.165, 1.54) is 0 Å². The first-order valence-electron chi connectivity index (χ1n) is 3.81. The molecule has 0 bridgehead atoms. The summed E-state index contributed by atoms with van der Waals surface area (Å²) in [5.41, 5.74) is 7.13. The van der Waals surface area contributed by atoms with Gasteiger partial charge in [0.15, 0.2) is 0 Å². The summed E-state index contributed by atoms with van der Waals surface area (Å²) in [5, 5.41) is 18.1. The molecule has 12 heavy (non-hydrogen) atoms. The molecule has 1 rings (SSSR count).